The maximum Gasteiger partial charge on any atom is 0.116 e. The van der Waals surface area contributed by atoms with Gasteiger partial charge >= 0.3 is 0 Å². The Bertz CT molecular complexity index is 469. The monoisotopic (exact) mass is 292 g/mol. The van der Waals surface area contributed by atoms with Gasteiger partial charge in [-0.2, -0.15) is 0 Å². The Hall–Kier alpha value is -0.450. The van der Waals surface area contributed by atoms with Crippen molar-refractivity contribution in [3.8, 4) is 0 Å². The number of rotatable bonds is 6. The molecular weight excluding hydrogens is 268 g/mol. The zero-order valence-electron chi connectivity index (χ0n) is 12.3. The highest BCUT2D eigenvalue weighted by Crippen LogP contribution is 2.49. The maximum atomic E-state index is 5.63. The molecule has 2 fully saturated rings. The molecule has 1 N–H and O–H groups in total. The molecule has 0 aliphatic heterocycles. The lowest BCUT2D eigenvalue weighted by Gasteiger charge is -2.33. The highest BCUT2D eigenvalue weighted by atomic mass is 32.1. The minimum Gasteiger partial charge on any atom is -0.382 e. The van der Waals surface area contributed by atoms with Crippen LogP contribution in [-0.4, -0.2) is 24.7 Å². The molecule has 3 aliphatic rings. The summed E-state index contributed by atoms with van der Waals surface area (Å²) in [5, 5.41) is 5.24. The highest BCUT2D eigenvalue weighted by Gasteiger charge is 2.51. The first-order chi connectivity index (χ1) is 9.82. The average Bonchev–Trinajstić information content (AvgIpc) is 3.36. The SMILES string of the molecule is COCC(NC1CC1)(c1nc2c(s1)CCCC2)C1CC1. The minimum atomic E-state index is 0.0118. The van der Waals surface area contributed by atoms with Gasteiger partial charge in [-0.25, -0.2) is 4.98 Å². The third-order valence-electron chi connectivity index (χ3n) is 4.91. The quantitative estimate of drug-likeness (QED) is 0.875. The molecule has 20 heavy (non-hydrogen) atoms. The van der Waals surface area contributed by atoms with Crippen LogP contribution in [0.15, 0.2) is 0 Å². The first kappa shape index (κ1) is 13.2. The van der Waals surface area contributed by atoms with Crippen molar-refractivity contribution in [2.45, 2.75) is 62.9 Å². The number of hydrogen-bond donors (Lipinski definition) is 1. The molecule has 0 saturated heterocycles. The van der Waals surface area contributed by atoms with Crippen LogP contribution >= 0.6 is 11.3 Å². The number of ether oxygens (including phenoxy) is 1. The predicted octanol–water partition coefficient (Wildman–Crippen LogP) is 3.03. The van der Waals surface area contributed by atoms with Crippen molar-refractivity contribution in [3.63, 3.8) is 0 Å². The Kier molecular flexibility index (Phi) is 3.36. The van der Waals surface area contributed by atoms with E-state index < -0.39 is 0 Å². The van der Waals surface area contributed by atoms with Gasteiger partial charge in [0, 0.05) is 18.0 Å². The predicted molar refractivity (Wildman–Crippen MR) is 81.2 cm³/mol. The molecule has 0 spiro atoms. The molecule has 0 amide bonds. The van der Waals surface area contributed by atoms with Crippen LogP contribution in [0, 0.1) is 5.92 Å². The highest BCUT2D eigenvalue weighted by molar-refractivity contribution is 7.11. The van der Waals surface area contributed by atoms with Crippen molar-refractivity contribution < 1.29 is 4.74 Å². The van der Waals surface area contributed by atoms with Crippen molar-refractivity contribution in [2.75, 3.05) is 13.7 Å². The summed E-state index contributed by atoms with van der Waals surface area (Å²) in [4.78, 5) is 6.61. The van der Waals surface area contributed by atoms with Gasteiger partial charge in [0.2, 0.25) is 0 Å². The van der Waals surface area contributed by atoms with Crippen molar-refractivity contribution in [1.82, 2.24) is 10.3 Å². The summed E-state index contributed by atoms with van der Waals surface area (Å²) in [7, 11) is 1.83. The summed E-state index contributed by atoms with van der Waals surface area (Å²) >= 11 is 1.97. The number of nitrogens with one attached hydrogen (secondary N) is 1. The van der Waals surface area contributed by atoms with E-state index in [0.717, 1.165) is 12.5 Å². The van der Waals surface area contributed by atoms with Crippen molar-refractivity contribution in [3.05, 3.63) is 15.6 Å². The third kappa shape index (κ3) is 2.32. The number of thiazole rings is 1. The van der Waals surface area contributed by atoms with Gasteiger partial charge in [0.25, 0.3) is 0 Å². The Morgan fingerprint density at radius 3 is 2.70 bits per heavy atom. The van der Waals surface area contributed by atoms with Crippen LogP contribution in [0.3, 0.4) is 0 Å². The fraction of sp³-hybridized carbons (Fsp3) is 0.812. The molecule has 1 aromatic rings. The second-order valence-electron chi connectivity index (χ2n) is 6.69. The summed E-state index contributed by atoms with van der Waals surface area (Å²) < 4.78 is 5.63. The Labute approximate surface area is 125 Å². The number of hydrogen-bond acceptors (Lipinski definition) is 4. The van der Waals surface area contributed by atoms with E-state index >= 15 is 0 Å². The number of aromatic nitrogens is 1. The Morgan fingerprint density at radius 2 is 2.05 bits per heavy atom. The second-order valence-corrected chi connectivity index (χ2v) is 7.78. The number of fused-ring (bicyclic) bond motifs is 1. The zero-order valence-corrected chi connectivity index (χ0v) is 13.1. The van der Waals surface area contributed by atoms with Gasteiger partial charge in [0.05, 0.1) is 17.8 Å². The summed E-state index contributed by atoms with van der Waals surface area (Å²) in [6.45, 7) is 0.778. The number of aryl methyl sites for hydroxylation is 2. The van der Waals surface area contributed by atoms with Crippen molar-refractivity contribution in [1.29, 1.82) is 0 Å². The Morgan fingerprint density at radius 1 is 1.25 bits per heavy atom. The normalized spacial score (nSPS) is 25.2. The van der Waals surface area contributed by atoms with E-state index in [1.54, 1.807) is 4.88 Å². The molecule has 1 aromatic heterocycles. The summed E-state index contributed by atoms with van der Waals surface area (Å²) in [6.07, 6.45) is 10.4. The summed E-state index contributed by atoms with van der Waals surface area (Å²) in [5.41, 5.74) is 1.40. The van der Waals surface area contributed by atoms with Crippen LogP contribution < -0.4 is 5.32 Å². The lowest BCUT2D eigenvalue weighted by molar-refractivity contribution is 0.0908. The fourth-order valence-electron chi connectivity index (χ4n) is 3.51. The molecule has 4 heteroatoms. The molecule has 2 saturated carbocycles. The van der Waals surface area contributed by atoms with Gasteiger partial charge in [-0.3, -0.25) is 0 Å². The summed E-state index contributed by atoms with van der Waals surface area (Å²) in [6, 6.07) is 0.701. The van der Waals surface area contributed by atoms with Gasteiger partial charge < -0.3 is 10.1 Å². The molecule has 4 rings (SSSR count). The standard InChI is InChI=1S/C16H24N2OS/c1-19-10-16(11-6-7-11,18-12-8-9-12)15-17-13-4-2-3-5-14(13)20-15/h11-12,18H,2-10H2,1H3. The van der Waals surface area contributed by atoms with E-state index in [-0.39, 0.29) is 5.54 Å². The molecule has 110 valence electrons. The Balaban J connectivity index is 1.69. The van der Waals surface area contributed by atoms with Crippen LogP contribution in [0.25, 0.3) is 0 Å². The number of nitrogens with zero attached hydrogens (tertiary/aromatic N) is 1. The summed E-state index contributed by atoms with van der Waals surface area (Å²) in [5.74, 6) is 0.732. The first-order valence-corrected chi connectivity index (χ1v) is 8.89. The number of methoxy groups -OCH3 is 1. The van der Waals surface area contributed by atoms with E-state index in [1.165, 1.54) is 62.1 Å². The molecule has 0 radical (unpaired) electrons. The second kappa shape index (κ2) is 5.08. The molecule has 0 aromatic carbocycles. The van der Waals surface area contributed by atoms with Gasteiger partial charge in [0.1, 0.15) is 5.01 Å². The van der Waals surface area contributed by atoms with Gasteiger partial charge in [0.15, 0.2) is 0 Å². The topological polar surface area (TPSA) is 34.1 Å². The minimum absolute atomic E-state index is 0.0118. The van der Waals surface area contributed by atoms with E-state index in [0.29, 0.717) is 6.04 Å². The lowest BCUT2D eigenvalue weighted by Crippen LogP contribution is -2.49. The van der Waals surface area contributed by atoms with Crippen LogP contribution in [-0.2, 0) is 23.1 Å². The fourth-order valence-corrected chi connectivity index (χ4v) is 4.88. The molecule has 3 nitrogen and oxygen atoms in total. The molecule has 1 heterocycles. The molecule has 1 unspecified atom stereocenters. The van der Waals surface area contributed by atoms with E-state index in [2.05, 4.69) is 5.32 Å². The largest absolute Gasteiger partial charge is 0.382 e. The van der Waals surface area contributed by atoms with Crippen molar-refractivity contribution in [2.24, 2.45) is 5.92 Å². The maximum absolute atomic E-state index is 5.63. The van der Waals surface area contributed by atoms with Crippen LogP contribution in [0.1, 0.15) is 54.1 Å². The molecule has 0 bridgehead atoms. The van der Waals surface area contributed by atoms with Gasteiger partial charge in [-0.05, 0) is 57.3 Å². The van der Waals surface area contributed by atoms with Gasteiger partial charge in [-0.15, -0.1) is 11.3 Å². The van der Waals surface area contributed by atoms with Gasteiger partial charge in [-0.1, -0.05) is 0 Å². The molecule has 3 aliphatic carbocycles. The van der Waals surface area contributed by atoms with E-state index in [9.17, 15) is 0 Å². The van der Waals surface area contributed by atoms with Crippen LogP contribution in [0.4, 0.5) is 0 Å². The lowest BCUT2D eigenvalue weighted by atomic mass is 9.94. The van der Waals surface area contributed by atoms with E-state index in [4.69, 9.17) is 9.72 Å². The zero-order chi connectivity index (χ0) is 13.6. The first-order valence-electron chi connectivity index (χ1n) is 8.07. The smallest absolute Gasteiger partial charge is 0.116 e. The molecule has 1 atom stereocenters. The third-order valence-corrected chi connectivity index (χ3v) is 6.25. The van der Waals surface area contributed by atoms with E-state index in [1.807, 2.05) is 18.4 Å². The average molecular weight is 292 g/mol. The van der Waals surface area contributed by atoms with Crippen molar-refractivity contribution >= 4 is 11.3 Å². The molecular formula is C16H24N2OS. The van der Waals surface area contributed by atoms with Crippen LogP contribution in [0.5, 0.6) is 0 Å². The van der Waals surface area contributed by atoms with Crippen LogP contribution in [0.2, 0.25) is 0 Å².